The van der Waals surface area contributed by atoms with E-state index in [0.717, 1.165) is 5.56 Å². The molecular weight excluding hydrogens is 290 g/mol. The van der Waals surface area contributed by atoms with Crippen LogP contribution in [-0.2, 0) is 4.74 Å². The molecule has 0 bridgehead atoms. The molecule has 0 heterocycles. The van der Waals surface area contributed by atoms with Gasteiger partial charge in [-0.05, 0) is 44.9 Å². The molecule has 1 aliphatic carbocycles. The van der Waals surface area contributed by atoms with Crippen LogP contribution in [-0.4, -0.2) is 28.0 Å². The van der Waals surface area contributed by atoms with Crippen molar-refractivity contribution in [3.05, 3.63) is 47.0 Å². The van der Waals surface area contributed by atoms with Crippen LogP contribution in [0.1, 0.15) is 38.7 Å². The Balaban J connectivity index is 2.12. The van der Waals surface area contributed by atoms with Crippen LogP contribution in [0.5, 0.6) is 0 Å². The Morgan fingerprint density at radius 3 is 2.52 bits per heavy atom. The minimum atomic E-state index is -0.727. The number of nitrogens with zero attached hydrogens (tertiary/aromatic N) is 1. The second-order valence-electron chi connectivity index (χ2n) is 6.13. The molecule has 0 fully saturated rings. The minimum Gasteiger partial charge on any atom is -0.442 e. The summed E-state index contributed by atoms with van der Waals surface area (Å²) in [6.07, 6.45) is 3.80. The van der Waals surface area contributed by atoms with E-state index < -0.39 is 11.7 Å². The van der Waals surface area contributed by atoms with Gasteiger partial charge >= 0.3 is 6.09 Å². The molecule has 5 heteroatoms. The van der Waals surface area contributed by atoms with Gasteiger partial charge in [0.2, 0.25) is 0 Å². The van der Waals surface area contributed by atoms with Crippen LogP contribution in [0, 0.1) is 0 Å². The number of hydrogen-bond donors (Lipinski definition) is 1. The normalized spacial score (nSPS) is 21.4. The summed E-state index contributed by atoms with van der Waals surface area (Å²) < 4.78 is 5.20. The van der Waals surface area contributed by atoms with Gasteiger partial charge in [-0.3, -0.25) is 5.21 Å². The van der Waals surface area contributed by atoms with Gasteiger partial charge in [0.15, 0.2) is 0 Å². The number of amides is 1. The molecule has 1 aromatic rings. The third-order valence-electron chi connectivity index (χ3n) is 3.29. The maximum absolute atomic E-state index is 12.0. The fourth-order valence-corrected chi connectivity index (χ4v) is 2.48. The van der Waals surface area contributed by atoms with E-state index in [1.165, 1.54) is 0 Å². The summed E-state index contributed by atoms with van der Waals surface area (Å²) in [4.78, 5) is 12.0. The van der Waals surface area contributed by atoms with Gasteiger partial charge in [-0.1, -0.05) is 35.9 Å². The average Bonchev–Trinajstić information content (AvgIpc) is 2.85. The molecule has 4 nitrogen and oxygen atoms in total. The van der Waals surface area contributed by atoms with Crippen LogP contribution in [0.15, 0.2) is 36.4 Å². The third kappa shape index (κ3) is 3.99. The quantitative estimate of drug-likeness (QED) is 0.501. The zero-order valence-electron chi connectivity index (χ0n) is 12.4. The average molecular weight is 310 g/mol. The molecular formula is C16H20ClNO3. The fraction of sp³-hybridized carbons (Fsp3) is 0.438. The Hall–Kier alpha value is -1.52. The summed E-state index contributed by atoms with van der Waals surface area (Å²) in [5, 5.41) is 11.5. The first-order valence-corrected chi connectivity index (χ1v) is 7.29. The van der Waals surface area contributed by atoms with Crippen molar-refractivity contribution >= 4 is 17.7 Å². The van der Waals surface area contributed by atoms with Crippen molar-refractivity contribution in [3.8, 4) is 0 Å². The van der Waals surface area contributed by atoms with Gasteiger partial charge in [0.25, 0.3) is 0 Å². The lowest BCUT2D eigenvalue weighted by molar-refractivity contribution is -0.120. The number of carbonyl (C=O) groups is 1. The number of benzene rings is 1. The van der Waals surface area contributed by atoms with Crippen LogP contribution >= 0.6 is 11.6 Å². The number of hydroxylamine groups is 2. The first kappa shape index (κ1) is 15.9. The largest absolute Gasteiger partial charge is 0.442 e. The first-order valence-electron chi connectivity index (χ1n) is 6.91. The van der Waals surface area contributed by atoms with Crippen molar-refractivity contribution in [2.45, 2.75) is 44.8 Å². The van der Waals surface area contributed by atoms with Crippen LogP contribution in [0.4, 0.5) is 4.79 Å². The highest BCUT2D eigenvalue weighted by Crippen LogP contribution is 2.33. The lowest BCUT2D eigenvalue weighted by Gasteiger charge is -2.30. The Kier molecular flexibility index (Phi) is 4.59. The zero-order valence-corrected chi connectivity index (χ0v) is 13.2. The molecule has 0 saturated carbocycles. The first-order chi connectivity index (χ1) is 9.78. The van der Waals surface area contributed by atoms with Gasteiger partial charge in [-0.25, -0.2) is 4.79 Å². The van der Waals surface area contributed by atoms with Crippen LogP contribution in [0.3, 0.4) is 0 Å². The smallest absolute Gasteiger partial charge is 0.434 e. The van der Waals surface area contributed by atoms with E-state index in [1.54, 1.807) is 32.9 Å². The van der Waals surface area contributed by atoms with Gasteiger partial charge in [-0.2, -0.15) is 5.06 Å². The van der Waals surface area contributed by atoms with Gasteiger partial charge < -0.3 is 4.74 Å². The molecule has 1 aliphatic rings. The Bertz CT molecular complexity index is 533. The van der Waals surface area contributed by atoms with Crippen molar-refractivity contribution in [1.82, 2.24) is 5.06 Å². The van der Waals surface area contributed by atoms with Crippen molar-refractivity contribution in [2.75, 3.05) is 0 Å². The Labute approximate surface area is 129 Å². The lowest BCUT2D eigenvalue weighted by atomic mass is 9.94. The monoisotopic (exact) mass is 309 g/mol. The highest BCUT2D eigenvalue weighted by Gasteiger charge is 2.34. The molecule has 1 aromatic carbocycles. The molecule has 114 valence electrons. The number of ether oxygens (including phenoxy) is 1. The summed E-state index contributed by atoms with van der Waals surface area (Å²) in [6.45, 7) is 5.30. The molecule has 0 aromatic heterocycles. The van der Waals surface area contributed by atoms with Crippen molar-refractivity contribution < 1.29 is 14.7 Å². The molecule has 1 amide bonds. The highest BCUT2D eigenvalue weighted by molar-refractivity contribution is 6.30. The van der Waals surface area contributed by atoms with E-state index in [0.29, 0.717) is 16.5 Å². The van der Waals surface area contributed by atoms with E-state index in [1.807, 2.05) is 24.3 Å². The molecule has 21 heavy (non-hydrogen) atoms. The van der Waals surface area contributed by atoms with Crippen molar-refractivity contribution in [1.29, 1.82) is 0 Å². The predicted octanol–water partition coefficient (Wildman–Crippen LogP) is 4.38. The topological polar surface area (TPSA) is 49.8 Å². The summed E-state index contributed by atoms with van der Waals surface area (Å²) in [5.74, 6) is -0.0696. The van der Waals surface area contributed by atoms with E-state index in [9.17, 15) is 10.0 Å². The molecule has 0 saturated heterocycles. The molecule has 2 rings (SSSR count). The summed E-state index contributed by atoms with van der Waals surface area (Å²) in [6, 6.07) is 7.04. The molecule has 2 atom stereocenters. The maximum atomic E-state index is 12.0. The molecule has 0 spiro atoms. The van der Waals surface area contributed by atoms with E-state index in [-0.39, 0.29) is 12.0 Å². The van der Waals surface area contributed by atoms with Gasteiger partial charge in [0.05, 0.1) is 6.04 Å². The molecule has 0 unspecified atom stereocenters. The molecule has 0 aliphatic heterocycles. The number of halogens is 1. The predicted molar refractivity (Wildman–Crippen MR) is 81.6 cm³/mol. The summed E-state index contributed by atoms with van der Waals surface area (Å²) in [7, 11) is 0. The SMILES string of the molecule is CC(C)(C)OC(=O)N(O)[C@H]1CC=C[C@@H]1c1ccc(Cl)cc1. The van der Waals surface area contributed by atoms with E-state index >= 15 is 0 Å². The number of rotatable bonds is 2. The fourth-order valence-electron chi connectivity index (χ4n) is 2.35. The lowest BCUT2D eigenvalue weighted by Crippen LogP contribution is -2.42. The maximum Gasteiger partial charge on any atom is 0.434 e. The minimum absolute atomic E-state index is 0.0696. The second-order valence-corrected chi connectivity index (χ2v) is 6.57. The van der Waals surface area contributed by atoms with Gasteiger partial charge in [-0.15, -0.1) is 0 Å². The van der Waals surface area contributed by atoms with Crippen molar-refractivity contribution in [3.63, 3.8) is 0 Å². The van der Waals surface area contributed by atoms with Crippen molar-refractivity contribution in [2.24, 2.45) is 0 Å². The van der Waals surface area contributed by atoms with Crippen LogP contribution in [0.2, 0.25) is 5.02 Å². The molecule has 1 N–H and O–H groups in total. The third-order valence-corrected chi connectivity index (χ3v) is 3.54. The summed E-state index contributed by atoms with van der Waals surface area (Å²) in [5.41, 5.74) is 0.362. The van der Waals surface area contributed by atoms with E-state index in [4.69, 9.17) is 16.3 Å². The second kappa shape index (κ2) is 6.08. The van der Waals surface area contributed by atoms with Gasteiger partial charge in [0, 0.05) is 10.9 Å². The standard InChI is InChI=1S/C16H20ClNO3/c1-16(2,3)21-15(19)18(20)14-6-4-5-13(14)11-7-9-12(17)10-8-11/h4-5,7-10,13-14,20H,6H2,1-3H3/t13-,14+/m1/s1. The molecule has 0 radical (unpaired) electrons. The zero-order chi connectivity index (χ0) is 15.6. The Morgan fingerprint density at radius 2 is 1.95 bits per heavy atom. The van der Waals surface area contributed by atoms with E-state index in [2.05, 4.69) is 0 Å². The Morgan fingerprint density at radius 1 is 1.33 bits per heavy atom. The summed E-state index contributed by atoms with van der Waals surface area (Å²) >= 11 is 5.89. The van der Waals surface area contributed by atoms with Gasteiger partial charge in [0.1, 0.15) is 5.60 Å². The highest BCUT2D eigenvalue weighted by atomic mass is 35.5. The number of hydrogen-bond acceptors (Lipinski definition) is 3. The van der Waals surface area contributed by atoms with Crippen LogP contribution in [0.25, 0.3) is 0 Å². The number of carbonyl (C=O) groups excluding carboxylic acids is 1. The van der Waals surface area contributed by atoms with Crippen LogP contribution < -0.4 is 0 Å².